The van der Waals surface area contributed by atoms with E-state index in [1.54, 1.807) is 0 Å². The largest absolute Gasteiger partial charge is 0.393 e. The van der Waals surface area contributed by atoms with Crippen molar-refractivity contribution in [2.45, 2.75) is 59.0 Å². The van der Waals surface area contributed by atoms with E-state index in [9.17, 15) is 0 Å². The minimum absolute atomic E-state index is 0.125. The first-order valence-electron chi connectivity index (χ1n) is 5.46. The first-order chi connectivity index (χ1) is 6.13. The molecule has 0 aromatic rings. The first-order valence-corrected chi connectivity index (χ1v) is 5.46. The van der Waals surface area contributed by atoms with Gasteiger partial charge in [-0.15, -0.1) is 0 Å². The normalized spacial score (nSPS) is 14.2. The van der Waals surface area contributed by atoms with Crippen LogP contribution in [0.5, 0.6) is 0 Å². The molecule has 0 saturated heterocycles. The Bertz CT molecular complexity index is 125. The number of hydrogen-bond acceptors (Lipinski definition) is 1. The maximum absolute atomic E-state index is 9.01. The minimum Gasteiger partial charge on any atom is -0.393 e. The number of rotatable bonds is 7. The van der Waals surface area contributed by atoms with E-state index in [0.717, 1.165) is 18.8 Å². The van der Waals surface area contributed by atoms with Crippen molar-refractivity contribution >= 4 is 0 Å². The van der Waals surface area contributed by atoms with Crippen molar-refractivity contribution in [1.82, 2.24) is 0 Å². The Balaban J connectivity index is 3.11. The molecular formula is C12H24O. The lowest BCUT2D eigenvalue weighted by Crippen LogP contribution is -1.97. The zero-order valence-electron chi connectivity index (χ0n) is 9.29. The lowest BCUT2D eigenvalue weighted by molar-refractivity contribution is 0.181. The molecule has 0 aromatic heterocycles. The molecule has 0 spiro atoms. The van der Waals surface area contributed by atoms with Gasteiger partial charge >= 0.3 is 0 Å². The third kappa shape index (κ3) is 11.7. The highest BCUT2D eigenvalue weighted by Gasteiger charge is 1.93. The Kier molecular flexibility index (Phi) is 8.11. The molecular weight excluding hydrogens is 160 g/mol. The second-order valence-corrected chi connectivity index (χ2v) is 4.23. The Morgan fingerprint density at radius 1 is 1.08 bits per heavy atom. The second kappa shape index (κ2) is 8.31. The quantitative estimate of drug-likeness (QED) is 0.474. The number of unbranched alkanes of at least 4 members (excludes halogenated alkanes) is 2. The number of allylic oxidation sites excluding steroid dienone is 2. The highest BCUT2D eigenvalue weighted by molar-refractivity contribution is 4.82. The van der Waals surface area contributed by atoms with Crippen LogP contribution in [0.4, 0.5) is 0 Å². The topological polar surface area (TPSA) is 20.2 Å². The van der Waals surface area contributed by atoms with E-state index in [1.165, 1.54) is 19.3 Å². The number of aliphatic hydroxyl groups is 1. The molecule has 0 aliphatic rings. The molecule has 0 bridgehead atoms. The van der Waals surface area contributed by atoms with Crippen LogP contribution < -0.4 is 0 Å². The summed E-state index contributed by atoms with van der Waals surface area (Å²) in [5, 5.41) is 9.01. The van der Waals surface area contributed by atoms with Gasteiger partial charge in [-0.3, -0.25) is 0 Å². The summed E-state index contributed by atoms with van der Waals surface area (Å²) in [4.78, 5) is 0. The zero-order valence-corrected chi connectivity index (χ0v) is 9.29. The lowest BCUT2D eigenvalue weighted by Gasteiger charge is -2.01. The lowest BCUT2D eigenvalue weighted by atomic mass is 10.1. The monoisotopic (exact) mass is 184 g/mol. The molecule has 1 N–H and O–H groups in total. The van der Waals surface area contributed by atoms with Crippen LogP contribution in [0.15, 0.2) is 12.2 Å². The molecule has 0 rings (SSSR count). The number of aliphatic hydroxyl groups excluding tert-OH is 1. The van der Waals surface area contributed by atoms with Crippen molar-refractivity contribution in [1.29, 1.82) is 0 Å². The maximum atomic E-state index is 9.01. The zero-order chi connectivity index (χ0) is 10.1. The van der Waals surface area contributed by atoms with Gasteiger partial charge in [-0.25, -0.2) is 0 Å². The smallest absolute Gasteiger partial charge is 0.0512 e. The second-order valence-electron chi connectivity index (χ2n) is 4.23. The highest BCUT2D eigenvalue weighted by atomic mass is 16.3. The molecule has 13 heavy (non-hydrogen) atoms. The van der Waals surface area contributed by atoms with E-state index < -0.39 is 0 Å². The Morgan fingerprint density at radius 3 is 2.31 bits per heavy atom. The van der Waals surface area contributed by atoms with E-state index >= 15 is 0 Å². The molecule has 0 aliphatic heterocycles. The van der Waals surface area contributed by atoms with Crippen molar-refractivity contribution in [3.63, 3.8) is 0 Å². The predicted molar refractivity (Wildman–Crippen MR) is 58.7 cm³/mol. The van der Waals surface area contributed by atoms with Crippen LogP contribution in [-0.2, 0) is 0 Å². The fourth-order valence-electron chi connectivity index (χ4n) is 1.19. The molecule has 0 unspecified atom stereocenters. The Labute approximate surface area is 82.9 Å². The molecule has 78 valence electrons. The first kappa shape index (κ1) is 12.7. The van der Waals surface area contributed by atoms with Crippen molar-refractivity contribution in [2.24, 2.45) is 5.92 Å². The van der Waals surface area contributed by atoms with Gasteiger partial charge in [-0.1, -0.05) is 32.4 Å². The summed E-state index contributed by atoms with van der Waals surface area (Å²) in [7, 11) is 0. The van der Waals surface area contributed by atoms with Gasteiger partial charge in [-0.05, 0) is 38.5 Å². The molecule has 0 radical (unpaired) electrons. The summed E-state index contributed by atoms with van der Waals surface area (Å²) >= 11 is 0. The van der Waals surface area contributed by atoms with Gasteiger partial charge in [0.05, 0.1) is 6.10 Å². The highest BCUT2D eigenvalue weighted by Crippen LogP contribution is 2.05. The van der Waals surface area contributed by atoms with E-state index in [0.29, 0.717) is 0 Å². The molecule has 0 aliphatic carbocycles. The van der Waals surface area contributed by atoms with Gasteiger partial charge in [0.25, 0.3) is 0 Å². The van der Waals surface area contributed by atoms with E-state index in [2.05, 4.69) is 26.0 Å². The Hall–Kier alpha value is -0.300. The van der Waals surface area contributed by atoms with Crippen molar-refractivity contribution < 1.29 is 5.11 Å². The van der Waals surface area contributed by atoms with Crippen LogP contribution in [0.1, 0.15) is 52.9 Å². The minimum atomic E-state index is -0.125. The van der Waals surface area contributed by atoms with E-state index in [-0.39, 0.29) is 6.10 Å². The van der Waals surface area contributed by atoms with Crippen LogP contribution in [-0.4, -0.2) is 11.2 Å². The molecule has 1 atom stereocenters. The summed E-state index contributed by atoms with van der Waals surface area (Å²) in [5.41, 5.74) is 0. The third-order valence-electron chi connectivity index (χ3n) is 2.02. The third-order valence-corrected chi connectivity index (χ3v) is 2.02. The fraction of sp³-hybridized carbons (Fsp3) is 0.833. The molecule has 0 saturated carbocycles. The molecule has 1 nitrogen and oxygen atoms in total. The van der Waals surface area contributed by atoms with Crippen LogP contribution in [0, 0.1) is 5.92 Å². The summed E-state index contributed by atoms with van der Waals surface area (Å²) < 4.78 is 0. The van der Waals surface area contributed by atoms with Crippen molar-refractivity contribution in [2.75, 3.05) is 0 Å². The maximum Gasteiger partial charge on any atom is 0.0512 e. The summed E-state index contributed by atoms with van der Waals surface area (Å²) in [6.07, 6.45) is 10.1. The van der Waals surface area contributed by atoms with Gasteiger partial charge in [0.15, 0.2) is 0 Å². The van der Waals surface area contributed by atoms with Crippen LogP contribution in [0.3, 0.4) is 0 Å². The Morgan fingerprint density at radius 2 is 1.77 bits per heavy atom. The SMILES string of the molecule is CC(C)CC=CCCCC[C@@H](C)O. The van der Waals surface area contributed by atoms with E-state index in [4.69, 9.17) is 5.11 Å². The van der Waals surface area contributed by atoms with Gasteiger partial charge in [0, 0.05) is 0 Å². The summed E-state index contributed by atoms with van der Waals surface area (Å²) in [6, 6.07) is 0. The van der Waals surface area contributed by atoms with Crippen LogP contribution in [0.25, 0.3) is 0 Å². The van der Waals surface area contributed by atoms with Crippen molar-refractivity contribution in [3.8, 4) is 0 Å². The molecule has 1 heteroatoms. The average Bonchev–Trinajstić information content (AvgIpc) is 2.01. The van der Waals surface area contributed by atoms with Gasteiger partial charge < -0.3 is 5.11 Å². The van der Waals surface area contributed by atoms with E-state index in [1.807, 2.05) is 6.92 Å². The molecule has 0 aromatic carbocycles. The predicted octanol–water partition coefficient (Wildman–Crippen LogP) is 3.53. The fourth-order valence-corrected chi connectivity index (χ4v) is 1.19. The standard InChI is InChI=1S/C12H24O/c1-11(2)9-7-5-4-6-8-10-12(3)13/h5,7,11-13H,4,6,8-10H2,1-3H3/t12-/m1/s1. The van der Waals surface area contributed by atoms with Crippen LogP contribution in [0.2, 0.25) is 0 Å². The average molecular weight is 184 g/mol. The molecule has 0 heterocycles. The van der Waals surface area contributed by atoms with Gasteiger partial charge in [-0.2, -0.15) is 0 Å². The summed E-state index contributed by atoms with van der Waals surface area (Å²) in [5.74, 6) is 0.772. The van der Waals surface area contributed by atoms with Gasteiger partial charge in [0.2, 0.25) is 0 Å². The van der Waals surface area contributed by atoms with Crippen LogP contribution >= 0.6 is 0 Å². The van der Waals surface area contributed by atoms with Gasteiger partial charge in [0.1, 0.15) is 0 Å². The number of hydrogen-bond donors (Lipinski definition) is 1. The molecule has 0 fully saturated rings. The van der Waals surface area contributed by atoms with Crippen molar-refractivity contribution in [3.05, 3.63) is 12.2 Å². The molecule has 0 amide bonds. The summed E-state index contributed by atoms with van der Waals surface area (Å²) in [6.45, 7) is 6.32.